The van der Waals surface area contributed by atoms with E-state index < -0.39 is 0 Å². The maximum Gasteiger partial charge on any atom is 0.315 e. The van der Waals surface area contributed by atoms with Gasteiger partial charge in [0.15, 0.2) is 0 Å². The molecule has 5 heteroatoms. The molecule has 1 aliphatic carbocycles. The van der Waals surface area contributed by atoms with Gasteiger partial charge in [-0.1, -0.05) is 38.8 Å². The molecule has 0 saturated heterocycles. The van der Waals surface area contributed by atoms with Crippen LogP contribution < -0.4 is 15.4 Å². The van der Waals surface area contributed by atoms with Gasteiger partial charge in [-0.25, -0.2) is 4.79 Å². The number of likely N-dealkylation sites (N-methyl/N-ethyl adjacent to an activating group) is 1. The van der Waals surface area contributed by atoms with Gasteiger partial charge in [-0.3, -0.25) is 4.90 Å². The zero-order valence-electron chi connectivity index (χ0n) is 15.2. The van der Waals surface area contributed by atoms with Gasteiger partial charge >= 0.3 is 6.03 Å². The van der Waals surface area contributed by atoms with Crippen LogP contribution in [-0.2, 0) is 0 Å². The minimum absolute atomic E-state index is 0.0537. The molecule has 1 fully saturated rings. The van der Waals surface area contributed by atoms with Crippen LogP contribution >= 0.6 is 0 Å². The second-order valence-electron chi connectivity index (χ2n) is 6.35. The molecule has 1 atom stereocenters. The Labute approximate surface area is 145 Å². The summed E-state index contributed by atoms with van der Waals surface area (Å²) < 4.78 is 5.35. The van der Waals surface area contributed by atoms with Gasteiger partial charge in [0.25, 0.3) is 0 Å². The zero-order chi connectivity index (χ0) is 17.4. The van der Waals surface area contributed by atoms with Gasteiger partial charge in [0.1, 0.15) is 5.75 Å². The summed E-state index contributed by atoms with van der Waals surface area (Å²) in [5.41, 5.74) is 1.17. The summed E-state index contributed by atoms with van der Waals surface area (Å²) in [5.74, 6) is 0.847. The molecule has 5 nitrogen and oxygen atoms in total. The van der Waals surface area contributed by atoms with Gasteiger partial charge in [-0.15, -0.1) is 0 Å². The van der Waals surface area contributed by atoms with E-state index in [4.69, 9.17) is 4.74 Å². The molecule has 134 valence electrons. The molecule has 2 N–H and O–H groups in total. The smallest absolute Gasteiger partial charge is 0.315 e. The van der Waals surface area contributed by atoms with Crippen LogP contribution in [-0.4, -0.2) is 43.7 Å². The van der Waals surface area contributed by atoms with Gasteiger partial charge in [0, 0.05) is 12.6 Å². The molecule has 1 aliphatic rings. The maximum atomic E-state index is 12.2. The number of nitrogens with one attached hydrogen (secondary N) is 2. The van der Waals surface area contributed by atoms with Crippen molar-refractivity contribution in [3.63, 3.8) is 0 Å². The Bertz CT molecular complexity index is 511. The maximum absolute atomic E-state index is 12.2. The van der Waals surface area contributed by atoms with Crippen molar-refractivity contribution >= 4 is 6.03 Å². The highest BCUT2D eigenvalue weighted by Gasteiger charge is 2.21. The van der Waals surface area contributed by atoms with Crippen LogP contribution in [0, 0.1) is 0 Å². The van der Waals surface area contributed by atoms with E-state index in [0.717, 1.165) is 31.7 Å². The van der Waals surface area contributed by atoms with E-state index >= 15 is 0 Å². The number of methoxy groups -OCH3 is 1. The van der Waals surface area contributed by atoms with E-state index in [1.54, 1.807) is 7.11 Å². The van der Waals surface area contributed by atoms with Crippen molar-refractivity contribution in [1.29, 1.82) is 0 Å². The fraction of sp³-hybridized carbons (Fsp3) is 0.632. The number of benzene rings is 1. The van der Waals surface area contributed by atoms with Crippen molar-refractivity contribution in [1.82, 2.24) is 15.5 Å². The summed E-state index contributed by atoms with van der Waals surface area (Å²) in [7, 11) is 1.68. The zero-order valence-corrected chi connectivity index (χ0v) is 15.2. The minimum atomic E-state index is -0.0537. The number of hydrogen-bond acceptors (Lipinski definition) is 3. The standard InChI is InChI=1S/C19H31N3O2/c1-4-22(5-2)18(15-9-8-12-17(13-15)24-3)14-20-19(23)21-16-10-6-7-11-16/h8-9,12-13,16,18H,4-7,10-11,14H2,1-3H3,(H2,20,21,23). The first kappa shape index (κ1) is 18.6. The van der Waals surface area contributed by atoms with Gasteiger partial charge in [-0.2, -0.15) is 0 Å². The average molecular weight is 333 g/mol. The van der Waals surface area contributed by atoms with Crippen molar-refractivity contribution in [2.75, 3.05) is 26.7 Å². The highest BCUT2D eigenvalue weighted by molar-refractivity contribution is 5.74. The molecule has 1 unspecified atom stereocenters. The van der Waals surface area contributed by atoms with Crippen LogP contribution in [0.3, 0.4) is 0 Å². The summed E-state index contributed by atoms with van der Waals surface area (Å²) in [6.07, 6.45) is 4.64. The molecule has 0 aliphatic heterocycles. The first-order valence-electron chi connectivity index (χ1n) is 9.10. The molecule has 24 heavy (non-hydrogen) atoms. The minimum Gasteiger partial charge on any atom is -0.497 e. The monoisotopic (exact) mass is 333 g/mol. The van der Waals surface area contributed by atoms with Crippen LogP contribution in [0.4, 0.5) is 4.79 Å². The van der Waals surface area contributed by atoms with Gasteiger partial charge in [-0.05, 0) is 43.6 Å². The predicted octanol–water partition coefficient (Wildman–Crippen LogP) is 3.32. The van der Waals surface area contributed by atoms with Crippen LogP contribution in [0.15, 0.2) is 24.3 Å². The quantitative estimate of drug-likeness (QED) is 0.767. The average Bonchev–Trinajstić information content (AvgIpc) is 3.11. The molecule has 2 amide bonds. The summed E-state index contributed by atoms with van der Waals surface area (Å²) in [6, 6.07) is 8.54. The Balaban J connectivity index is 2.01. The summed E-state index contributed by atoms with van der Waals surface area (Å²) >= 11 is 0. The molecular formula is C19H31N3O2. The lowest BCUT2D eigenvalue weighted by Gasteiger charge is -2.30. The Morgan fingerprint density at radius 1 is 1.29 bits per heavy atom. The SMILES string of the molecule is CCN(CC)C(CNC(=O)NC1CCCC1)c1cccc(OC)c1. The topological polar surface area (TPSA) is 53.6 Å². The van der Waals surface area contributed by atoms with Gasteiger partial charge in [0.2, 0.25) is 0 Å². The molecule has 1 aromatic carbocycles. The van der Waals surface area contributed by atoms with Crippen molar-refractivity contribution in [2.45, 2.75) is 51.6 Å². The lowest BCUT2D eigenvalue weighted by molar-refractivity contribution is 0.204. The largest absolute Gasteiger partial charge is 0.497 e. The van der Waals surface area contributed by atoms with Crippen molar-refractivity contribution in [3.05, 3.63) is 29.8 Å². The number of hydrogen-bond donors (Lipinski definition) is 2. The molecule has 0 radical (unpaired) electrons. The third kappa shape index (κ3) is 5.13. The lowest BCUT2D eigenvalue weighted by atomic mass is 10.0. The van der Waals surface area contributed by atoms with Crippen molar-refractivity contribution in [3.8, 4) is 5.75 Å². The van der Waals surface area contributed by atoms with E-state index in [2.05, 4.69) is 41.5 Å². The second kappa shape index (κ2) is 9.52. The number of carbonyl (C=O) groups is 1. The molecule has 2 rings (SSSR count). The number of urea groups is 1. The Kier molecular flexibility index (Phi) is 7.37. The van der Waals surface area contributed by atoms with Gasteiger partial charge in [0.05, 0.1) is 13.2 Å². The van der Waals surface area contributed by atoms with E-state index in [0.29, 0.717) is 12.6 Å². The first-order chi connectivity index (χ1) is 11.7. The normalized spacial score (nSPS) is 16.2. The number of carbonyl (C=O) groups excluding carboxylic acids is 1. The third-order valence-electron chi connectivity index (χ3n) is 4.88. The molecule has 0 bridgehead atoms. The highest BCUT2D eigenvalue weighted by atomic mass is 16.5. The predicted molar refractivity (Wildman–Crippen MR) is 97.4 cm³/mol. The van der Waals surface area contributed by atoms with Gasteiger partial charge < -0.3 is 15.4 Å². The van der Waals surface area contributed by atoms with Crippen LogP contribution in [0.25, 0.3) is 0 Å². The highest BCUT2D eigenvalue weighted by Crippen LogP contribution is 2.24. The van der Waals surface area contributed by atoms with E-state index in [9.17, 15) is 4.79 Å². The number of rotatable bonds is 8. The van der Waals surface area contributed by atoms with Crippen LogP contribution in [0.1, 0.15) is 51.1 Å². The fourth-order valence-corrected chi connectivity index (χ4v) is 3.47. The third-order valence-corrected chi connectivity index (χ3v) is 4.88. The molecular weight excluding hydrogens is 302 g/mol. The summed E-state index contributed by atoms with van der Waals surface area (Å²) in [5, 5.41) is 6.15. The van der Waals surface area contributed by atoms with Crippen LogP contribution in [0.5, 0.6) is 5.75 Å². The molecule has 0 heterocycles. The van der Waals surface area contributed by atoms with E-state index in [1.807, 2.05) is 12.1 Å². The molecule has 1 aromatic rings. The first-order valence-corrected chi connectivity index (χ1v) is 9.10. The summed E-state index contributed by atoms with van der Waals surface area (Å²) in [4.78, 5) is 14.5. The Hall–Kier alpha value is -1.75. The van der Waals surface area contributed by atoms with Crippen molar-refractivity contribution < 1.29 is 9.53 Å². The Morgan fingerprint density at radius 2 is 2.00 bits per heavy atom. The molecule has 1 saturated carbocycles. The number of nitrogens with zero attached hydrogens (tertiary/aromatic N) is 1. The van der Waals surface area contributed by atoms with Crippen molar-refractivity contribution in [2.24, 2.45) is 0 Å². The number of ether oxygens (including phenoxy) is 1. The van der Waals surface area contributed by atoms with Crippen LogP contribution in [0.2, 0.25) is 0 Å². The van der Waals surface area contributed by atoms with E-state index in [-0.39, 0.29) is 12.1 Å². The summed E-state index contributed by atoms with van der Waals surface area (Å²) in [6.45, 7) is 6.76. The molecule has 0 aromatic heterocycles. The van der Waals surface area contributed by atoms with E-state index in [1.165, 1.54) is 18.4 Å². The number of amides is 2. The fourth-order valence-electron chi connectivity index (χ4n) is 3.47. The lowest BCUT2D eigenvalue weighted by Crippen LogP contribution is -2.45. The molecule has 0 spiro atoms. The Morgan fingerprint density at radius 3 is 2.62 bits per heavy atom. The second-order valence-corrected chi connectivity index (χ2v) is 6.35.